The molecule has 2 heteroatoms. The van der Waals surface area contributed by atoms with Crippen molar-refractivity contribution in [3.63, 3.8) is 0 Å². The van der Waals surface area contributed by atoms with Gasteiger partial charge in [0.15, 0.2) is 0 Å². The first-order valence-electron chi connectivity index (χ1n) is 5.15. The van der Waals surface area contributed by atoms with Crippen LogP contribution in [-0.4, -0.2) is 17.0 Å². The number of carbonyl (C=O) groups is 1. The average molecular weight is 182 g/mol. The molecule has 3 fully saturated rings. The molecule has 74 valence electrons. The summed E-state index contributed by atoms with van der Waals surface area (Å²) in [5, 5.41) is 9.70. The monoisotopic (exact) mass is 182 g/mol. The van der Waals surface area contributed by atoms with Crippen LogP contribution in [0.15, 0.2) is 0 Å². The number of rotatable bonds is 0. The van der Waals surface area contributed by atoms with Gasteiger partial charge < -0.3 is 5.11 Å². The zero-order chi connectivity index (χ0) is 9.80. The molecule has 2 nitrogen and oxygen atoms in total. The number of hydrogen-bond acceptors (Lipinski definition) is 2. The molecule has 0 aromatic rings. The van der Waals surface area contributed by atoms with Crippen LogP contribution in [0.4, 0.5) is 0 Å². The van der Waals surface area contributed by atoms with E-state index < -0.39 is 0 Å². The Morgan fingerprint density at radius 2 is 2.08 bits per heavy atom. The molecule has 0 aliphatic heterocycles. The second-order valence-electron chi connectivity index (χ2n) is 5.40. The van der Waals surface area contributed by atoms with Crippen molar-refractivity contribution in [2.24, 2.45) is 23.2 Å². The molecule has 0 spiro atoms. The van der Waals surface area contributed by atoms with Crippen LogP contribution >= 0.6 is 0 Å². The summed E-state index contributed by atoms with van der Waals surface area (Å²) in [6, 6.07) is 0. The van der Waals surface area contributed by atoms with Crippen LogP contribution in [0.1, 0.15) is 33.6 Å². The van der Waals surface area contributed by atoms with Crippen molar-refractivity contribution < 1.29 is 9.90 Å². The maximum absolute atomic E-state index is 11.7. The van der Waals surface area contributed by atoms with E-state index in [4.69, 9.17) is 0 Å². The second kappa shape index (κ2) is 2.57. The highest BCUT2D eigenvalue weighted by molar-refractivity contribution is 5.86. The highest BCUT2D eigenvalue weighted by atomic mass is 16.3. The predicted molar refractivity (Wildman–Crippen MR) is 50.2 cm³/mol. The van der Waals surface area contributed by atoms with Gasteiger partial charge >= 0.3 is 0 Å². The Balaban J connectivity index is 2.33. The highest BCUT2D eigenvalue weighted by Gasteiger charge is 2.53. The second-order valence-corrected chi connectivity index (χ2v) is 5.40. The Morgan fingerprint density at radius 1 is 1.46 bits per heavy atom. The number of aliphatic hydroxyl groups excluding tert-OH is 1. The number of Topliss-reactive ketones (excluding diaryl/α,β-unsaturated/α-hetero) is 1. The van der Waals surface area contributed by atoms with E-state index in [-0.39, 0.29) is 23.4 Å². The summed E-state index contributed by atoms with van der Waals surface area (Å²) in [4.78, 5) is 11.7. The molecule has 0 radical (unpaired) electrons. The summed E-state index contributed by atoms with van der Waals surface area (Å²) in [5.41, 5.74) is 0.247. The van der Waals surface area contributed by atoms with E-state index in [1.807, 2.05) is 6.92 Å². The molecular formula is C11H18O2. The molecule has 0 aromatic carbocycles. The minimum absolute atomic E-state index is 0.0741. The van der Waals surface area contributed by atoms with Gasteiger partial charge in [0, 0.05) is 11.8 Å². The van der Waals surface area contributed by atoms with Crippen LogP contribution in [0.25, 0.3) is 0 Å². The van der Waals surface area contributed by atoms with E-state index in [1.165, 1.54) is 0 Å². The Morgan fingerprint density at radius 3 is 2.62 bits per heavy atom. The highest BCUT2D eigenvalue weighted by Crippen LogP contribution is 2.52. The van der Waals surface area contributed by atoms with Gasteiger partial charge in [-0.2, -0.15) is 0 Å². The van der Waals surface area contributed by atoms with E-state index in [2.05, 4.69) is 13.8 Å². The molecule has 0 unspecified atom stereocenters. The van der Waals surface area contributed by atoms with Gasteiger partial charge in [0.2, 0.25) is 0 Å². The Bertz CT molecular complexity index is 244. The molecule has 3 aliphatic carbocycles. The van der Waals surface area contributed by atoms with Crippen LogP contribution in [0, 0.1) is 23.2 Å². The maximum atomic E-state index is 11.7. The number of ketones is 1. The van der Waals surface area contributed by atoms with Crippen molar-refractivity contribution >= 4 is 5.78 Å². The lowest BCUT2D eigenvalue weighted by Crippen LogP contribution is -2.54. The molecule has 3 rings (SSSR count). The van der Waals surface area contributed by atoms with E-state index in [1.54, 1.807) is 0 Å². The van der Waals surface area contributed by atoms with Gasteiger partial charge in [0.25, 0.3) is 0 Å². The van der Waals surface area contributed by atoms with Gasteiger partial charge in [-0.15, -0.1) is 0 Å². The first-order valence-corrected chi connectivity index (χ1v) is 5.15. The molecule has 0 saturated heterocycles. The van der Waals surface area contributed by atoms with Crippen LogP contribution in [0.3, 0.4) is 0 Å². The first-order chi connectivity index (χ1) is 5.93. The van der Waals surface area contributed by atoms with Gasteiger partial charge in [-0.05, 0) is 24.2 Å². The molecule has 0 heterocycles. The van der Waals surface area contributed by atoms with E-state index in [0.717, 1.165) is 12.8 Å². The molecule has 4 atom stereocenters. The Hall–Kier alpha value is -0.370. The number of fused-ring (bicyclic) bond motifs is 3. The van der Waals surface area contributed by atoms with Crippen molar-refractivity contribution in [2.75, 3.05) is 0 Å². The summed E-state index contributed by atoms with van der Waals surface area (Å²) in [6.45, 7) is 6.46. The summed E-state index contributed by atoms with van der Waals surface area (Å²) in [5.74, 6) is 0.773. The molecule has 3 aliphatic rings. The summed E-state index contributed by atoms with van der Waals surface area (Å²) in [6.07, 6.45) is 1.34. The third kappa shape index (κ3) is 1.15. The Kier molecular flexibility index (Phi) is 1.82. The van der Waals surface area contributed by atoms with Crippen LogP contribution in [0.2, 0.25) is 0 Å². The third-order valence-electron chi connectivity index (χ3n) is 4.13. The topological polar surface area (TPSA) is 37.3 Å². The number of aliphatic hydroxyl groups is 1. The van der Waals surface area contributed by atoms with Crippen molar-refractivity contribution in [2.45, 2.75) is 39.7 Å². The predicted octanol–water partition coefficient (Wildman–Crippen LogP) is 1.62. The van der Waals surface area contributed by atoms with Gasteiger partial charge in [-0.25, -0.2) is 0 Å². The normalized spacial score (nSPS) is 48.2. The largest absolute Gasteiger partial charge is 0.392 e. The molecule has 2 bridgehead atoms. The van der Waals surface area contributed by atoms with Crippen molar-refractivity contribution in [1.82, 2.24) is 0 Å². The van der Waals surface area contributed by atoms with Gasteiger partial charge in [0.1, 0.15) is 5.78 Å². The molecule has 13 heavy (non-hydrogen) atoms. The molecule has 1 N–H and O–H groups in total. The zero-order valence-corrected chi connectivity index (χ0v) is 8.58. The summed E-state index contributed by atoms with van der Waals surface area (Å²) < 4.78 is 0. The summed E-state index contributed by atoms with van der Waals surface area (Å²) in [7, 11) is 0. The van der Waals surface area contributed by atoms with Crippen LogP contribution < -0.4 is 0 Å². The van der Waals surface area contributed by atoms with E-state index >= 15 is 0 Å². The third-order valence-corrected chi connectivity index (χ3v) is 4.13. The van der Waals surface area contributed by atoms with Gasteiger partial charge in [-0.1, -0.05) is 20.8 Å². The fourth-order valence-electron chi connectivity index (χ4n) is 3.30. The Labute approximate surface area is 79.3 Å². The van der Waals surface area contributed by atoms with Gasteiger partial charge in [0.05, 0.1) is 6.10 Å². The minimum Gasteiger partial charge on any atom is -0.392 e. The quantitative estimate of drug-likeness (QED) is 0.618. The molecular weight excluding hydrogens is 164 g/mol. The van der Waals surface area contributed by atoms with E-state index in [9.17, 15) is 9.90 Å². The number of carbonyl (C=O) groups excluding carboxylic acids is 1. The van der Waals surface area contributed by atoms with Gasteiger partial charge in [-0.3, -0.25) is 4.79 Å². The average Bonchev–Trinajstić information content (AvgIpc) is 2.03. The van der Waals surface area contributed by atoms with Crippen LogP contribution in [0.5, 0.6) is 0 Å². The molecule has 3 saturated carbocycles. The standard InChI is InChI=1S/C11H18O2/c1-6-8-4-9(12)7(10(6)13)5-11(8,2)3/h6-9,12H,4-5H2,1-3H3/t6-,7-,8+,9-/m0/s1. The summed E-state index contributed by atoms with van der Waals surface area (Å²) >= 11 is 0. The van der Waals surface area contributed by atoms with Crippen molar-refractivity contribution in [3.8, 4) is 0 Å². The zero-order valence-electron chi connectivity index (χ0n) is 8.58. The smallest absolute Gasteiger partial charge is 0.141 e. The fraction of sp³-hybridized carbons (Fsp3) is 0.909. The minimum atomic E-state index is -0.360. The first kappa shape index (κ1) is 9.20. The molecule has 0 aromatic heterocycles. The molecule has 0 amide bonds. The number of hydrogen-bond donors (Lipinski definition) is 1. The lowest BCUT2D eigenvalue weighted by atomic mass is 9.52. The lowest BCUT2D eigenvalue weighted by molar-refractivity contribution is -0.155. The fourth-order valence-corrected chi connectivity index (χ4v) is 3.30. The lowest BCUT2D eigenvalue weighted by Gasteiger charge is -2.52. The van der Waals surface area contributed by atoms with E-state index in [0.29, 0.717) is 11.7 Å². The van der Waals surface area contributed by atoms with Crippen molar-refractivity contribution in [3.05, 3.63) is 0 Å². The van der Waals surface area contributed by atoms with Crippen molar-refractivity contribution in [1.29, 1.82) is 0 Å². The van der Waals surface area contributed by atoms with Crippen LogP contribution in [-0.2, 0) is 4.79 Å². The SMILES string of the molecule is C[C@@H]1C(=O)[C@H]2CC(C)(C)[C@@H]1C[C@@H]2O. The maximum Gasteiger partial charge on any atom is 0.141 e.